The molecule has 1 aliphatic rings. The molecule has 1 heterocycles. The minimum atomic E-state index is -0.500. The van der Waals surface area contributed by atoms with Crippen molar-refractivity contribution in [3.63, 3.8) is 0 Å². The van der Waals surface area contributed by atoms with Gasteiger partial charge in [-0.15, -0.1) is 11.3 Å². The van der Waals surface area contributed by atoms with Crippen LogP contribution in [0.25, 0.3) is 6.08 Å². The fourth-order valence-corrected chi connectivity index (χ4v) is 6.57. The molecule has 1 aromatic carbocycles. The van der Waals surface area contributed by atoms with Gasteiger partial charge in [-0.3, -0.25) is 4.79 Å². The van der Waals surface area contributed by atoms with Gasteiger partial charge in [0.05, 0.1) is 18.8 Å². The maximum absolute atomic E-state index is 12.8. The van der Waals surface area contributed by atoms with Crippen LogP contribution in [0, 0.1) is 29.8 Å². The van der Waals surface area contributed by atoms with Gasteiger partial charge in [0, 0.05) is 4.88 Å². The Hall–Kier alpha value is -1.63. The molecule has 8 heteroatoms. The second-order valence-electron chi connectivity index (χ2n) is 7.13. The molecule has 0 aliphatic heterocycles. The van der Waals surface area contributed by atoms with E-state index in [1.807, 2.05) is 32.0 Å². The Kier molecular flexibility index (Phi) is 7.77. The predicted molar refractivity (Wildman–Crippen MR) is 136 cm³/mol. The third kappa shape index (κ3) is 5.16. The van der Waals surface area contributed by atoms with E-state index in [-0.39, 0.29) is 11.7 Å². The number of ether oxygens (including phenoxy) is 1. The van der Waals surface area contributed by atoms with Crippen LogP contribution in [0.3, 0.4) is 0 Å². The number of thiophene rings is 1. The summed E-state index contributed by atoms with van der Waals surface area (Å²) in [7, 11) is 0. The minimum Gasteiger partial charge on any atom is -0.489 e. The van der Waals surface area contributed by atoms with Gasteiger partial charge in [0.25, 0.3) is 5.91 Å². The third-order valence-electron chi connectivity index (χ3n) is 4.56. The number of benzene rings is 1. The number of nitriles is 2. The molecule has 1 aromatic heterocycles. The molecule has 0 fully saturated rings. The van der Waals surface area contributed by atoms with E-state index in [0.717, 1.165) is 49.7 Å². The first-order chi connectivity index (χ1) is 14.3. The molecular formula is C22H19I2N3O2S. The van der Waals surface area contributed by atoms with E-state index in [0.29, 0.717) is 10.6 Å². The number of carbonyl (C=O) groups is 1. The van der Waals surface area contributed by atoms with Gasteiger partial charge in [0.2, 0.25) is 0 Å². The number of hydrogen-bond acceptors (Lipinski definition) is 5. The normalized spacial score (nSPS) is 13.4. The zero-order valence-electron chi connectivity index (χ0n) is 16.5. The van der Waals surface area contributed by atoms with Gasteiger partial charge in [-0.25, -0.2) is 0 Å². The third-order valence-corrected chi connectivity index (χ3v) is 7.37. The fourth-order valence-electron chi connectivity index (χ4n) is 3.27. The molecule has 0 saturated carbocycles. The summed E-state index contributed by atoms with van der Waals surface area (Å²) >= 11 is 5.84. The highest BCUT2D eigenvalue weighted by molar-refractivity contribution is 14.1. The maximum Gasteiger partial charge on any atom is 0.266 e. The van der Waals surface area contributed by atoms with Crippen LogP contribution in [0.15, 0.2) is 17.7 Å². The van der Waals surface area contributed by atoms with Gasteiger partial charge in [-0.05, 0) is 114 Å². The molecule has 154 valence electrons. The number of amides is 1. The largest absolute Gasteiger partial charge is 0.489 e. The van der Waals surface area contributed by atoms with Crippen molar-refractivity contribution >= 4 is 73.5 Å². The van der Waals surface area contributed by atoms with Crippen LogP contribution in [0.2, 0.25) is 0 Å². The molecule has 1 aliphatic carbocycles. The van der Waals surface area contributed by atoms with Crippen molar-refractivity contribution in [1.82, 2.24) is 0 Å². The van der Waals surface area contributed by atoms with Crippen molar-refractivity contribution in [3.05, 3.63) is 46.4 Å². The van der Waals surface area contributed by atoms with E-state index >= 15 is 0 Å². The molecule has 0 bridgehead atoms. The van der Waals surface area contributed by atoms with Gasteiger partial charge in [-0.2, -0.15) is 10.5 Å². The quantitative estimate of drug-likeness (QED) is 0.245. The Bertz CT molecular complexity index is 1080. The molecule has 2 aromatic rings. The summed E-state index contributed by atoms with van der Waals surface area (Å²) in [6, 6.07) is 7.99. The lowest BCUT2D eigenvalue weighted by atomic mass is 9.96. The Morgan fingerprint density at radius 3 is 2.50 bits per heavy atom. The van der Waals surface area contributed by atoms with Crippen molar-refractivity contribution in [2.75, 3.05) is 5.32 Å². The van der Waals surface area contributed by atoms with E-state index in [2.05, 4.69) is 56.6 Å². The van der Waals surface area contributed by atoms with Crippen molar-refractivity contribution < 1.29 is 9.53 Å². The summed E-state index contributed by atoms with van der Waals surface area (Å²) in [4.78, 5) is 13.9. The average Bonchev–Trinajstić information content (AvgIpc) is 3.05. The Morgan fingerprint density at radius 2 is 1.90 bits per heavy atom. The molecule has 0 spiro atoms. The maximum atomic E-state index is 12.8. The Morgan fingerprint density at radius 1 is 1.23 bits per heavy atom. The number of rotatable bonds is 5. The number of nitrogens with one attached hydrogen (secondary N) is 1. The topological polar surface area (TPSA) is 85.9 Å². The first-order valence-corrected chi connectivity index (χ1v) is 12.4. The van der Waals surface area contributed by atoms with Gasteiger partial charge in [0.15, 0.2) is 0 Å². The monoisotopic (exact) mass is 643 g/mol. The second kappa shape index (κ2) is 10.1. The van der Waals surface area contributed by atoms with Crippen LogP contribution in [0.1, 0.15) is 48.3 Å². The highest BCUT2D eigenvalue weighted by atomic mass is 127. The lowest BCUT2D eigenvalue weighted by molar-refractivity contribution is -0.112. The summed E-state index contributed by atoms with van der Waals surface area (Å²) in [5, 5.41) is 22.5. The van der Waals surface area contributed by atoms with Crippen LogP contribution >= 0.6 is 56.5 Å². The van der Waals surface area contributed by atoms with E-state index in [9.17, 15) is 15.3 Å². The van der Waals surface area contributed by atoms with Crippen molar-refractivity contribution in [2.45, 2.75) is 45.6 Å². The first-order valence-electron chi connectivity index (χ1n) is 9.47. The zero-order valence-corrected chi connectivity index (χ0v) is 21.6. The molecule has 0 atom stereocenters. The van der Waals surface area contributed by atoms with Gasteiger partial charge in [-0.1, -0.05) is 0 Å². The smallest absolute Gasteiger partial charge is 0.266 e. The molecular weight excluding hydrogens is 624 g/mol. The van der Waals surface area contributed by atoms with Gasteiger partial charge in [0.1, 0.15) is 28.5 Å². The number of fused-ring (bicyclic) bond motifs is 1. The molecule has 0 unspecified atom stereocenters. The van der Waals surface area contributed by atoms with Crippen LogP contribution in [-0.4, -0.2) is 12.0 Å². The first kappa shape index (κ1) is 23.0. The number of anilines is 1. The van der Waals surface area contributed by atoms with Crippen molar-refractivity contribution in [1.29, 1.82) is 10.5 Å². The molecule has 0 radical (unpaired) electrons. The van der Waals surface area contributed by atoms with E-state index in [1.165, 1.54) is 16.2 Å². The van der Waals surface area contributed by atoms with Crippen LogP contribution in [-0.2, 0) is 17.6 Å². The number of hydrogen-bond donors (Lipinski definition) is 1. The molecule has 1 amide bonds. The number of halogens is 2. The summed E-state index contributed by atoms with van der Waals surface area (Å²) in [6.07, 6.45) is 5.59. The summed E-state index contributed by atoms with van der Waals surface area (Å²) < 4.78 is 7.67. The highest BCUT2D eigenvalue weighted by Gasteiger charge is 2.23. The van der Waals surface area contributed by atoms with Crippen molar-refractivity contribution in [3.8, 4) is 17.9 Å². The predicted octanol–water partition coefficient (Wildman–Crippen LogP) is 6.04. The second-order valence-corrected chi connectivity index (χ2v) is 10.6. The van der Waals surface area contributed by atoms with E-state index in [4.69, 9.17) is 4.74 Å². The Balaban J connectivity index is 1.87. The van der Waals surface area contributed by atoms with E-state index in [1.54, 1.807) is 6.08 Å². The zero-order chi connectivity index (χ0) is 21.8. The van der Waals surface area contributed by atoms with E-state index < -0.39 is 5.91 Å². The van der Waals surface area contributed by atoms with Crippen LogP contribution in [0.5, 0.6) is 5.75 Å². The van der Waals surface area contributed by atoms with Crippen molar-refractivity contribution in [2.24, 2.45) is 0 Å². The van der Waals surface area contributed by atoms with Gasteiger partial charge >= 0.3 is 0 Å². The molecule has 5 nitrogen and oxygen atoms in total. The van der Waals surface area contributed by atoms with Crippen LogP contribution in [0.4, 0.5) is 5.00 Å². The lowest BCUT2D eigenvalue weighted by Crippen LogP contribution is -2.13. The molecule has 3 rings (SSSR count). The average molecular weight is 643 g/mol. The summed E-state index contributed by atoms with van der Waals surface area (Å²) in [6.45, 7) is 3.94. The number of carbonyl (C=O) groups excluding carboxylic acids is 1. The summed E-state index contributed by atoms with van der Waals surface area (Å²) in [5.74, 6) is 0.300. The van der Waals surface area contributed by atoms with Crippen LogP contribution < -0.4 is 10.1 Å². The molecule has 30 heavy (non-hydrogen) atoms. The number of nitrogens with zero attached hydrogens (tertiary/aromatic N) is 2. The highest BCUT2D eigenvalue weighted by Crippen LogP contribution is 2.38. The van der Waals surface area contributed by atoms with Gasteiger partial charge < -0.3 is 10.1 Å². The standard InChI is InChI=1S/C22H19I2N3O2S/c1-12(2)29-20-17(23)8-13(9-18(20)24)7-14(10-25)21(28)27-22-16(11-26)15-5-3-4-6-19(15)30-22/h7-9,12H,3-6H2,1-2H3,(H,27,28). The molecule has 1 N–H and O–H groups in total. The fraction of sp³-hybridized carbons (Fsp3) is 0.318. The molecule has 0 saturated heterocycles. The Labute approximate surface area is 207 Å². The summed E-state index contributed by atoms with van der Waals surface area (Å²) in [5.41, 5.74) is 2.34. The number of aryl methyl sites for hydroxylation is 1. The minimum absolute atomic E-state index is 0.00519. The lowest BCUT2D eigenvalue weighted by Gasteiger charge is -2.14. The SMILES string of the molecule is CC(C)Oc1c(I)cc(C=C(C#N)C(=O)Nc2sc3c(c2C#N)CCCC3)cc1I.